The molecule has 0 fully saturated rings. The summed E-state index contributed by atoms with van der Waals surface area (Å²) in [5, 5.41) is 0. The fourth-order valence-electron chi connectivity index (χ4n) is 1.06. The van der Waals surface area contributed by atoms with Crippen LogP contribution in [0, 0.1) is 5.41 Å². The largest absolute Gasteiger partial charge is 0.492 e. The lowest BCUT2D eigenvalue weighted by Crippen LogP contribution is -2.23. The van der Waals surface area contributed by atoms with Gasteiger partial charge >= 0.3 is 0 Å². The van der Waals surface area contributed by atoms with Crippen LogP contribution in [0.25, 0.3) is 0 Å². The summed E-state index contributed by atoms with van der Waals surface area (Å²) in [7, 11) is 0. The molecular formula is C12H18OS2. The topological polar surface area (TPSA) is 9.23 Å². The van der Waals surface area contributed by atoms with Gasteiger partial charge in [0.1, 0.15) is 5.75 Å². The molecule has 0 saturated carbocycles. The molecular weight excluding hydrogens is 224 g/mol. The summed E-state index contributed by atoms with van der Waals surface area (Å²) in [5.41, 5.74) is 0.120. The molecule has 84 valence electrons. The lowest BCUT2D eigenvalue weighted by molar-refractivity contribution is 0.198. The first-order valence-electron chi connectivity index (χ1n) is 4.96. The van der Waals surface area contributed by atoms with E-state index in [0.717, 1.165) is 11.5 Å². The summed E-state index contributed by atoms with van der Waals surface area (Å²) in [6, 6.07) is 8.12. The minimum atomic E-state index is 0.120. The van der Waals surface area contributed by atoms with Crippen molar-refractivity contribution in [3.05, 3.63) is 24.3 Å². The molecule has 3 heteroatoms. The molecule has 0 spiro atoms. The van der Waals surface area contributed by atoms with Gasteiger partial charge in [0.05, 0.1) is 6.61 Å². The molecule has 1 aromatic rings. The Morgan fingerprint density at radius 1 is 1.33 bits per heavy atom. The van der Waals surface area contributed by atoms with E-state index >= 15 is 0 Å². The minimum Gasteiger partial charge on any atom is -0.492 e. The zero-order valence-corrected chi connectivity index (χ0v) is 11.2. The second kappa shape index (κ2) is 5.71. The third-order valence-corrected chi connectivity index (χ3v) is 3.75. The van der Waals surface area contributed by atoms with E-state index in [9.17, 15) is 0 Å². The molecule has 1 aromatic carbocycles. The average Bonchev–Trinajstić information content (AvgIpc) is 2.27. The van der Waals surface area contributed by atoms with Crippen LogP contribution in [0.4, 0.5) is 0 Å². The molecule has 0 unspecified atom stereocenters. The molecule has 0 aliphatic carbocycles. The third kappa shape index (κ3) is 3.99. The summed E-state index contributed by atoms with van der Waals surface area (Å²) in [5.74, 6) is 1.80. The summed E-state index contributed by atoms with van der Waals surface area (Å²) in [4.78, 5) is 1.19. The lowest BCUT2D eigenvalue weighted by atomic mass is 9.98. The number of hydrogen-bond acceptors (Lipinski definition) is 3. The Balaban J connectivity index is 2.65. The van der Waals surface area contributed by atoms with Crippen molar-refractivity contribution in [2.24, 2.45) is 5.41 Å². The van der Waals surface area contributed by atoms with Crippen LogP contribution in [0.15, 0.2) is 29.2 Å². The molecule has 0 aliphatic heterocycles. The number of thioether (sulfide) groups is 1. The van der Waals surface area contributed by atoms with Crippen LogP contribution in [-0.2, 0) is 0 Å². The van der Waals surface area contributed by atoms with Crippen molar-refractivity contribution in [2.75, 3.05) is 18.6 Å². The fourth-order valence-corrected chi connectivity index (χ4v) is 1.69. The van der Waals surface area contributed by atoms with Crippen molar-refractivity contribution in [2.45, 2.75) is 18.7 Å². The first kappa shape index (κ1) is 12.8. The van der Waals surface area contributed by atoms with Crippen LogP contribution in [0.3, 0.4) is 0 Å². The van der Waals surface area contributed by atoms with Gasteiger partial charge in [-0.1, -0.05) is 26.0 Å². The van der Waals surface area contributed by atoms with Gasteiger partial charge < -0.3 is 4.74 Å². The number of hydrogen-bond donors (Lipinski definition) is 1. The Morgan fingerprint density at radius 3 is 2.60 bits per heavy atom. The normalized spacial score (nSPS) is 11.5. The molecule has 15 heavy (non-hydrogen) atoms. The third-order valence-electron chi connectivity index (χ3n) is 2.12. The van der Waals surface area contributed by atoms with Gasteiger partial charge in [-0.05, 0) is 24.1 Å². The van der Waals surface area contributed by atoms with Crippen LogP contribution in [0.1, 0.15) is 13.8 Å². The van der Waals surface area contributed by atoms with E-state index in [-0.39, 0.29) is 5.41 Å². The first-order valence-corrected chi connectivity index (χ1v) is 6.81. The lowest BCUT2D eigenvalue weighted by Gasteiger charge is -2.22. The van der Waals surface area contributed by atoms with Gasteiger partial charge in [-0.25, -0.2) is 0 Å². The van der Waals surface area contributed by atoms with E-state index in [1.807, 2.05) is 18.2 Å². The molecule has 0 aromatic heterocycles. The van der Waals surface area contributed by atoms with E-state index in [2.05, 4.69) is 38.8 Å². The molecule has 0 amide bonds. The van der Waals surface area contributed by atoms with Gasteiger partial charge in [0.15, 0.2) is 0 Å². The predicted molar refractivity (Wildman–Crippen MR) is 71.4 cm³/mol. The Labute approximate surface area is 102 Å². The number of benzene rings is 1. The van der Waals surface area contributed by atoms with Crippen LogP contribution < -0.4 is 4.74 Å². The highest BCUT2D eigenvalue weighted by Gasteiger charge is 2.17. The standard InChI is InChI=1S/C12H18OS2/c1-12(2,9-14)8-13-10-6-4-5-7-11(10)15-3/h4-7,14H,8-9H2,1-3H3. The van der Waals surface area contributed by atoms with Gasteiger partial charge in [-0.3, -0.25) is 0 Å². The van der Waals surface area contributed by atoms with Crippen molar-refractivity contribution in [1.82, 2.24) is 0 Å². The molecule has 1 rings (SSSR count). The van der Waals surface area contributed by atoms with Crippen molar-refractivity contribution in [3.63, 3.8) is 0 Å². The Bertz CT molecular complexity index is 310. The summed E-state index contributed by atoms with van der Waals surface area (Å²) < 4.78 is 5.81. The maximum Gasteiger partial charge on any atom is 0.132 e. The molecule has 0 saturated heterocycles. The van der Waals surface area contributed by atoms with E-state index in [1.54, 1.807) is 11.8 Å². The summed E-state index contributed by atoms with van der Waals surface area (Å²) >= 11 is 6.02. The highest BCUT2D eigenvalue weighted by Crippen LogP contribution is 2.28. The highest BCUT2D eigenvalue weighted by atomic mass is 32.2. The summed E-state index contributed by atoms with van der Waals surface area (Å²) in [6.45, 7) is 5.01. The van der Waals surface area contributed by atoms with Crippen molar-refractivity contribution < 1.29 is 4.74 Å². The van der Waals surface area contributed by atoms with E-state index < -0.39 is 0 Å². The monoisotopic (exact) mass is 242 g/mol. The second-order valence-corrected chi connectivity index (χ2v) is 5.43. The first-order chi connectivity index (χ1) is 7.09. The predicted octanol–water partition coefficient (Wildman–Crippen LogP) is 3.74. The fraction of sp³-hybridized carbons (Fsp3) is 0.500. The molecule has 0 atom stereocenters. The number of rotatable bonds is 5. The Kier molecular flexibility index (Phi) is 4.87. The van der Waals surface area contributed by atoms with Crippen molar-refractivity contribution >= 4 is 24.4 Å². The van der Waals surface area contributed by atoms with Crippen LogP contribution >= 0.6 is 24.4 Å². The Hall–Kier alpha value is -0.280. The highest BCUT2D eigenvalue weighted by molar-refractivity contribution is 7.98. The van der Waals surface area contributed by atoms with Gasteiger partial charge in [0.2, 0.25) is 0 Å². The molecule has 0 radical (unpaired) electrons. The van der Waals surface area contributed by atoms with Crippen LogP contribution in [0.2, 0.25) is 0 Å². The average molecular weight is 242 g/mol. The van der Waals surface area contributed by atoms with Crippen LogP contribution in [0.5, 0.6) is 5.75 Å². The van der Waals surface area contributed by atoms with Gasteiger partial charge in [0.25, 0.3) is 0 Å². The number of thiol groups is 1. The molecule has 0 bridgehead atoms. The van der Waals surface area contributed by atoms with E-state index in [0.29, 0.717) is 6.61 Å². The maximum atomic E-state index is 5.81. The summed E-state index contributed by atoms with van der Waals surface area (Å²) in [6.07, 6.45) is 2.06. The zero-order valence-electron chi connectivity index (χ0n) is 9.49. The van der Waals surface area contributed by atoms with Crippen LogP contribution in [-0.4, -0.2) is 18.6 Å². The number of para-hydroxylation sites is 1. The Morgan fingerprint density at radius 2 is 2.00 bits per heavy atom. The number of ether oxygens (including phenoxy) is 1. The minimum absolute atomic E-state index is 0.120. The second-order valence-electron chi connectivity index (χ2n) is 4.26. The maximum absolute atomic E-state index is 5.81. The van der Waals surface area contributed by atoms with Gasteiger partial charge in [-0.15, -0.1) is 11.8 Å². The van der Waals surface area contributed by atoms with Crippen molar-refractivity contribution in [1.29, 1.82) is 0 Å². The van der Waals surface area contributed by atoms with E-state index in [4.69, 9.17) is 4.74 Å². The van der Waals surface area contributed by atoms with Gasteiger partial charge in [-0.2, -0.15) is 12.6 Å². The van der Waals surface area contributed by atoms with Gasteiger partial charge in [0, 0.05) is 10.3 Å². The smallest absolute Gasteiger partial charge is 0.132 e. The van der Waals surface area contributed by atoms with E-state index in [1.165, 1.54) is 4.90 Å². The molecule has 0 heterocycles. The molecule has 0 N–H and O–H groups in total. The molecule has 1 nitrogen and oxygen atoms in total. The quantitative estimate of drug-likeness (QED) is 0.622. The SMILES string of the molecule is CSc1ccccc1OCC(C)(C)CS. The van der Waals surface area contributed by atoms with Crippen molar-refractivity contribution in [3.8, 4) is 5.75 Å². The zero-order chi connectivity index (χ0) is 11.3. The molecule has 0 aliphatic rings.